The quantitative estimate of drug-likeness (QED) is 0.713. The van der Waals surface area contributed by atoms with Gasteiger partial charge in [-0.2, -0.15) is 0 Å². The molecular formula is C17H19NO7S. The summed E-state index contributed by atoms with van der Waals surface area (Å²) in [5, 5.41) is 18.2. The van der Waals surface area contributed by atoms with Crippen LogP contribution < -0.4 is 9.47 Å². The van der Waals surface area contributed by atoms with Gasteiger partial charge in [-0.25, -0.2) is 18.2 Å². The molecule has 1 heterocycles. The summed E-state index contributed by atoms with van der Waals surface area (Å²) in [7, 11) is -3.42. The van der Waals surface area contributed by atoms with E-state index in [1.165, 1.54) is 43.5 Å². The van der Waals surface area contributed by atoms with Crippen molar-refractivity contribution in [2.24, 2.45) is 0 Å². The summed E-state index contributed by atoms with van der Waals surface area (Å²) in [6.45, 7) is 2.92. The Morgan fingerprint density at radius 1 is 1.19 bits per heavy atom. The van der Waals surface area contributed by atoms with Gasteiger partial charge in [0.25, 0.3) is 0 Å². The molecule has 8 nitrogen and oxygen atoms in total. The Morgan fingerprint density at radius 3 is 2.42 bits per heavy atom. The molecule has 0 aliphatic rings. The minimum absolute atomic E-state index is 0.0548. The number of nitrogens with zero attached hydrogens (tertiary/aromatic N) is 1. The van der Waals surface area contributed by atoms with Crippen LogP contribution in [0.1, 0.15) is 24.2 Å². The topological polar surface area (TPSA) is 123 Å². The molecule has 9 heteroatoms. The van der Waals surface area contributed by atoms with Crippen molar-refractivity contribution in [3.63, 3.8) is 0 Å². The molecule has 1 aromatic carbocycles. The van der Waals surface area contributed by atoms with Crippen LogP contribution in [0.2, 0.25) is 0 Å². The number of hydrogen-bond acceptors (Lipinski definition) is 7. The first-order chi connectivity index (χ1) is 12.2. The van der Waals surface area contributed by atoms with Gasteiger partial charge in [0.1, 0.15) is 23.4 Å². The van der Waals surface area contributed by atoms with Crippen LogP contribution in [0.25, 0.3) is 0 Å². The molecule has 0 aliphatic heterocycles. The van der Waals surface area contributed by atoms with Crippen molar-refractivity contribution < 1.29 is 32.9 Å². The fourth-order valence-corrected chi connectivity index (χ4v) is 2.77. The van der Waals surface area contributed by atoms with Crippen LogP contribution in [0.4, 0.5) is 0 Å². The number of aromatic nitrogens is 1. The second-order valence-electron chi connectivity index (χ2n) is 5.45. The molecule has 0 aliphatic carbocycles. The van der Waals surface area contributed by atoms with Crippen molar-refractivity contribution >= 4 is 15.8 Å². The van der Waals surface area contributed by atoms with Gasteiger partial charge in [0.15, 0.2) is 14.9 Å². The van der Waals surface area contributed by atoms with Gasteiger partial charge in [0.2, 0.25) is 0 Å². The number of carboxylic acids is 1. The summed E-state index contributed by atoms with van der Waals surface area (Å²) >= 11 is 0. The number of carbonyl (C=O) groups is 1. The smallest absolute Gasteiger partial charge is 0.335 e. The van der Waals surface area contributed by atoms with Gasteiger partial charge < -0.3 is 19.7 Å². The third-order valence-electron chi connectivity index (χ3n) is 3.36. The third-order valence-corrected chi connectivity index (χ3v) is 5.00. The molecule has 0 spiro atoms. The molecule has 2 aromatic rings. The van der Waals surface area contributed by atoms with Crippen LogP contribution in [0, 0.1) is 0 Å². The second kappa shape index (κ2) is 8.15. The Hall–Kier alpha value is -2.65. The first-order valence-electron chi connectivity index (χ1n) is 7.77. The normalized spacial score (nSPS) is 12.4. The Kier molecular flexibility index (Phi) is 6.17. The Labute approximate surface area is 151 Å². The largest absolute Gasteiger partial charge is 0.488 e. The molecule has 2 rings (SSSR count). The predicted molar refractivity (Wildman–Crippen MR) is 92.6 cm³/mol. The number of carboxylic acid groups (broad SMARTS) is 1. The Balaban J connectivity index is 2.29. The van der Waals surface area contributed by atoms with Gasteiger partial charge in [0, 0.05) is 6.07 Å². The van der Waals surface area contributed by atoms with E-state index >= 15 is 0 Å². The van der Waals surface area contributed by atoms with Crippen LogP contribution in [0.5, 0.6) is 17.2 Å². The molecule has 0 unspecified atom stereocenters. The van der Waals surface area contributed by atoms with Crippen LogP contribution in [-0.2, 0) is 9.84 Å². The fraction of sp³-hybridized carbons (Fsp3) is 0.294. The highest BCUT2D eigenvalue weighted by molar-refractivity contribution is 7.91. The standard InChI is InChI=1S/C17H19NO7S/c1-3-26(22,23)16-5-4-13(9-18-16)25-15-7-12(17(20)21)6-14(8-15)24-11(2)10-19/h4-9,11,19H,3,10H2,1-2H3,(H,20,21)/t11-/m0/s1. The molecule has 0 amide bonds. The molecule has 0 radical (unpaired) electrons. The first-order valence-corrected chi connectivity index (χ1v) is 9.43. The Morgan fingerprint density at radius 2 is 1.88 bits per heavy atom. The van der Waals surface area contributed by atoms with E-state index in [4.69, 9.17) is 14.6 Å². The molecule has 0 fully saturated rings. The minimum atomic E-state index is -3.42. The maximum Gasteiger partial charge on any atom is 0.335 e. The molecule has 2 N–H and O–H groups in total. The number of benzene rings is 1. The number of hydrogen-bond donors (Lipinski definition) is 2. The highest BCUT2D eigenvalue weighted by Gasteiger charge is 2.14. The van der Waals surface area contributed by atoms with Crippen molar-refractivity contribution in [3.8, 4) is 17.2 Å². The number of sulfone groups is 1. The van der Waals surface area contributed by atoms with E-state index in [0.29, 0.717) is 0 Å². The van der Waals surface area contributed by atoms with Gasteiger partial charge in [-0.1, -0.05) is 6.92 Å². The number of aromatic carboxylic acids is 1. The van der Waals surface area contributed by atoms with Crippen molar-refractivity contribution in [2.75, 3.05) is 12.4 Å². The molecule has 0 bridgehead atoms. The lowest BCUT2D eigenvalue weighted by molar-refractivity contribution is 0.0695. The summed E-state index contributed by atoms with van der Waals surface area (Å²) in [4.78, 5) is 15.1. The maximum atomic E-state index is 11.8. The molecule has 26 heavy (non-hydrogen) atoms. The maximum absolute atomic E-state index is 11.8. The fourth-order valence-electron chi connectivity index (χ4n) is 1.99. The summed E-state index contributed by atoms with van der Waals surface area (Å²) in [5.74, 6) is -0.592. The Bertz CT molecular complexity index is 878. The van der Waals surface area contributed by atoms with Gasteiger partial charge in [-0.05, 0) is 31.2 Å². The highest BCUT2D eigenvalue weighted by Crippen LogP contribution is 2.28. The number of aliphatic hydroxyl groups excluding tert-OH is 1. The lowest BCUT2D eigenvalue weighted by Crippen LogP contribution is -2.16. The molecule has 1 atom stereocenters. The lowest BCUT2D eigenvalue weighted by atomic mass is 10.2. The van der Waals surface area contributed by atoms with Gasteiger partial charge in [0.05, 0.1) is 24.1 Å². The molecule has 0 saturated carbocycles. The van der Waals surface area contributed by atoms with Crippen LogP contribution in [-0.4, -0.2) is 48.0 Å². The number of rotatable bonds is 8. The van der Waals surface area contributed by atoms with Crippen molar-refractivity contribution in [3.05, 3.63) is 42.1 Å². The SMILES string of the molecule is CCS(=O)(=O)c1ccc(Oc2cc(O[C@@H](C)CO)cc(C(=O)O)c2)cn1. The lowest BCUT2D eigenvalue weighted by Gasteiger charge is -2.14. The summed E-state index contributed by atoms with van der Waals surface area (Å²) in [5.41, 5.74) is -0.0548. The van der Waals surface area contributed by atoms with E-state index in [-0.39, 0.29) is 40.2 Å². The third kappa shape index (κ3) is 4.93. The van der Waals surface area contributed by atoms with Gasteiger partial charge >= 0.3 is 5.97 Å². The summed E-state index contributed by atoms with van der Waals surface area (Å²) in [6.07, 6.45) is 0.722. The van der Waals surface area contributed by atoms with Crippen LogP contribution >= 0.6 is 0 Å². The van der Waals surface area contributed by atoms with E-state index in [1.807, 2.05) is 0 Å². The summed E-state index contributed by atoms with van der Waals surface area (Å²) < 4.78 is 34.5. The average Bonchev–Trinajstić information content (AvgIpc) is 2.61. The van der Waals surface area contributed by atoms with E-state index < -0.39 is 21.9 Å². The molecule has 1 aromatic heterocycles. The second-order valence-corrected chi connectivity index (χ2v) is 7.67. The van der Waals surface area contributed by atoms with Gasteiger partial charge in [-0.15, -0.1) is 0 Å². The average molecular weight is 381 g/mol. The molecule has 0 saturated heterocycles. The highest BCUT2D eigenvalue weighted by atomic mass is 32.2. The number of aliphatic hydroxyl groups is 1. The van der Waals surface area contributed by atoms with Crippen molar-refractivity contribution in [2.45, 2.75) is 25.0 Å². The molecule has 140 valence electrons. The van der Waals surface area contributed by atoms with Crippen molar-refractivity contribution in [1.29, 1.82) is 0 Å². The number of ether oxygens (including phenoxy) is 2. The van der Waals surface area contributed by atoms with E-state index in [1.54, 1.807) is 6.92 Å². The van der Waals surface area contributed by atoms with E-state index in [0.717, 1.165) is 0 Å². The zero-order chi connectivity index (χ0) is 19.3. The minimum Gasteiger partial charge on any atom is -0.488 e. The molecular weight excluding hydrogens is 362 g/mol. The van der Waals surface area contributed by atoms with Crippen molar-refractivity contribution in [1.82, 2.24) is 4.98 Å². The van der Waals surface area contributed by atoms with E-state index in [9.17, 15) is 18.3 Å². The van der Waals surface area contributed by atoms with Crippen LogP contribution in [0.15, 0.2) is 41.6 Å². The zero-order valence-corrected chi connectivity index (χ0v) is 15.1. The monoisotopic (exact) mass is 381 g/mol. The van der Waals surface area contributed by atoms with Gasteiger partial charge in [-0.3, -0.25) is 0 Å². The van der Waals surface area contributed by atoms with Crippen LogP contribution in [0.3, 0.4) is 0 Å². The summed E-state index contributed by atoms with van der Waals surface area (Å²) in [6, 6.07) is 6.83. The zero-order valence-electron chi connectivity index (χ0n) is 14.2. The first kappa shape index (κ1) is 19.7. The number of pyridine rings is 1. The van der Waals surface area contributed by atoms with E-state index in [2.05, 4.69) is 4.98 Å². The predicted octanol–water partition coefficient (Wildman–Crippen LogP) is 2.13.